The Hall–Kier alpha value is -3.76. The fourth-order valence-electron chi connectivity index (χ4n) is 6.16. The van der Waals surface area contributed by atoms with E-state index in [1.807, 2.05) is 41.1 Å². The van der Waals surface area contributed by atoms with Gasteiger partial charge in [-0.2, -0.15) is 0 Å². The number of rotatable bonds is 8. The molecule has 1 saturated heterocycles. The summed E-state index contributed by atoms with van der Waals surface area (Å²) in [5.41, 5.74) is 2.56. The SMILES string of the molecule is COc1ccc(CN2CCN(C(c3cc4ccc(OC)cc4[nH]c3=O)c3nnnn3C3CCCCC3)CC2)cc1. The second-order valence-corrected chi connectivity index (χ2v) is 10.8. The molecule has 3 heterocycles. The van der Waals surface area contributed by atoms with Crippen molar-refractivity contribution in [1.82, 2.24) is 35.0 Å². The van der Waals surface area contributed by atoms with Gasteiger partial charge in [-0.25, -0.2) is 4.68 Å². The minimum absolute atomic E-state index is 0.121. The van der Waals surface area contributed by atoms with Crippen LogP contribution in [0.5, 0.6) is 11.5 Å². The maximum Gasteiger partial charge on any atom is 0.253 e. The summed E-state index contributed by atoms with van der Waals surface area (Å²) >= 11 is 0. The number of aromatic nitrogens is 5. The first kappa shape index (κ1) is 26.5. The molecule has 1 atom stereocenters. The number of hydrogen-bond acceptors (Lipinski definition) is 8. The van der Waals surface area contributed by atoms with Crippen molar-refractivity contribution in [2.75, 3.05) is 40.4 Å². The van der Waals surface area contributed by atoms with Crippen LogP contribution < -0.4 is 15.0 Å². The summed E-state index contributed by atoms with van der Waals surface area (Å²) in [4.78, 5) is 21.6. The predicted molar refractivity (Wildman–Crippen MR) is 153 cm³/mol. The van der Waals surface area contributed by atoms with Crippen molar-refractivity contribution in [3.05, 3.63) is 75.8 Å². The number of nitrogens with zero attached hydrogens (tertiary/aromatic N) is 6. The number of pyridine rings is 1. The topological polar surface area (TPSA) is 101 Å². The summed E-state index contributed by atoms with van der Waals surface area (Å²) in [6.07, 6.45) is 5.73. The number of H-pyrrole nitrogens is 1. The highest BCUT2D eigenvalue weighted by atomic mass is 16.5. The van der Waals surface area contributed by atoms with Gasteiger partial charge in [0.25, 0.3) is 5.56 Å². The van der Waals surface area contributed by atoms with Crippen molar-refractivity contribution in [3.8, 4) is 11.5 Å². The standard InChI is InChI=1S/C30H37N7O3/c1-39-24-11-8-21(9-12-24)20-35-14-16-36(17-15-35)28(29-32-33-34-37(29)23-6-4-3-5-7-23)26-18-22-10-13-25(40-2)19-27(22)31-30(26)38/h8-13,18-19,23,28H,3-7,14-17,20H2,1-2H3,(H,31,38). The third-order valence-corrected chi connectivity index (χ3v) is 8.40. The lowest BCUT2D eigenvalue weighted by Gasteiger charge is -2.39. The van der Waals surface area contributed by atoms with Gasteiger partial charge in [0.05, 0.1) is 25.8 Å². The van der Waals surface area contributed by atoms with E-state index in [0.717, 1.165) is 68.0 Å². The molecular formula is C30H37N7O3. The third kappa shape index (κ3) is 5.46. The monoisotopic (exact) mass is 543 g/mol. The highest BCUT2D eigenvalue weighted by molar-refractivity contribution is 5.80. The Balaban J connectivity index is 1.31. The van der Waals surface area contributed by atoms with Gasteiger partial charge in [0, 0.05) is 44.4 Å². The largest absolute Gasteiger partial charge is 0.497 e. The lowest BCUT2D eigenvalue weighted by atomic mass is 9.95. The van der Waals surface area contributed by atoms with Crippen molar-refractivity contribution in [3.63, 3.8) is 0 Å². The second kappa shape index (κ2) is 11.8. The Morgan fingerprint density at radius 3 is 2.38 bits per heavy atom. The van der Waals surface area contributed by atoms with Crippen molar-refractivity contribution >= 4 is 10.9 Å². The van der Waals surface area contributed by atoms with Crippen LogP contribution in [0.25, 0.3) is 10.9 Å². The van der Waals surface area contributed by atoms with Gasteiger partial charge < -0.3 is 14.5 Å². The van der Waals surface area contributed by atoms with E-state index in [0.29, 0.717) is 11.3 Å². The number of methoxy groups -OCH3 is 2. The van der Waals surface area contributed by atoms with Crippen LogP contribution in [0.1, 0.15) is 61.1 Å². The molecule has 6 rings (SSSR count). The number of piperazine rings is 1. The lowest BCUT2D eigenvalue weighted by Crippen LogP contribution is -2.48. The summed E-state index contributed by atoms with van der Waals surface area (Å²) in [6.45, 7) is 4.25. The Morgan fingerprint density at radius 1 is 0.925 bits per heavy atom. The average molecular weight is 544 g/mol. The van der Waals surface area contributed by atoms with E-state index >= 15 is 0 Å². The zero-order valence-electron chi connectivity index (χ0n) is 23.3. The molecule has 1 aliphatic carbocycles. The van der Waals surface area contributed by atoms with Crippen molar-refractivity contribution in [2.45, 2.75) is 50.7 Å². The van der Waals surface area contributed by atoms with Crippen LogP contribution in [-0.4, -0.2) is 75.4 Å². The van der Waals surface area contributed by atoms with Crippen LogP contribution >= 0.6 is 0 Å². The first-order valence-corrected chi connectivity index (χ1v) is 14.2. The van der Waals surface area contributed by atoms with Gasteiger partial charge in [-0.05, 0) is 64.5 Å². The zero-order chi connectivity index (χ0) is 27.5. The number of hydrogen-bond donors (Lipinski definition) is 1. The molecule has 2 aliphatic rings. The normalized spacial score (nSPS) is 18.1. The van der Waals surface area contributed by atoms with E-state index in [9.17, 15) is 4.79 Å². The van der Waals surface area contributed by atoms with Crippen LogP contribution in [0, 0.1) is 0 Å². The second-order valence-electron chi connectivity index (χ2n) is 10.8. The van der Waals surface area contributed by atoms with Gasteiger partial charge in [-0.1, -0.05) is 31.4 Å². The molecule has 0 spiro atoms. The van der Waals surface area contributed by atoms with Crippen molar-refractivity contribution < 1.29 is 9.47 Å². The Kier molecular flexibility index (Phi) is 7.79. The van der Waals surface area contributed by atoms with Crippen LogP contribution in [-0.2, 0) is 6.54 Å². The fourth-order valence-corrected chi connectivity index (χ4v) is 6.16. The van der Waals surface area contributed by atoms with Crippen LogP contribution in [0.15, 0.2) is 53.3 Å². The van der Waals surface area contributed by atoms with E-state index in [2.05, 4.69) is 42.4 Å². The molecule has 0 amide bonds. The Labute approximate surface area is 233 Å². The highest BCUT2D eigenvalue weighted by Crippen LogP contribution is 2.34. The van der Waals surface area contributed by atoms with Crippen LogP contribution in [0.4, 0.5) is 0 Å². The van der Waals surface area contributed by atoms with Crippen molar-refractivity contribution in [2.24, 2.45) is 0 Å². The summed E-state index contributed by atoms with van der Waals surface area (Å²) in [6, 6.07) is 16.0. The molecule has 40 heavy (non-hydrogen) atoms. The molecule has 210 valence electrons. The maximum absolute atomic E-state index is 13.6. The smallest absolute Gasteiger partial charge is 0.253 e. The molecule has 10 nitrogen and oxygen atoms in total. The van der Waals surface area contributed by atoms with Gasteiger partial charge in [0.15, 0.2) is 5.82 Å². The molecule has 1 unspecified atom stereocenters. The van der Waals surface area contributed by atoms with E-state index in [1.165, 1.54) is 24.8 Å². The number of fused-ring (bicyclic) bond motifs is 1. The molecule has 2 fully saturated rings. The number of ether oxygens (including phenoxy) is 2. The first-order chi connectivity index (χ1) is 19.6. The third-order valence-electron chi connectivity index (χ3n) is 8.40. The maximum atomic E-state index is 13.6. The minimum Gasteiger partial charge on any atom is -0.497 e. The van der Waals surface area contributed by atoms with E-state index in [1.54, 1.807) is 14.2 Å². The quantitative estimate of drug-likeness (QED) is 0.357. The van der Waals surface area contributed by atoms with Gasteiger partial charge in [-0.3, -0.25) is 14.6 Å². The molecule has 1 aliphatic heterocycles. The van der Waals surface area contributed by atoms with Crippen molar-refractivity contribution in [1.29, 1.82) is 0 Å². The van der Waals surface area contributed by atoms with Gasteiger partial charge >= 0.3 is 0 Å². The van der Waals surface area contributed by atoms with Gasteiger partial charge in [-0.15, -0.1) is 5.10 Å². The fraction of sp³-hybridized carbons (Fsp3) is 0.467. The molecular weight excluding hydrogens is 506 g/mol. The number of nitrogens with one attached hydrogen (secondary N) is 1. The van der Waals surface area contributed by atoms with Gasteiger partial charge in [0.1, 0.15) is 17.5 Å². The molecule has 1 saturated carbocycles. The molecule has 0 bridgehead atoms. The first-order valence-electron chi connectivity index (χ1n) is 14.2. The van der Waals surface area contributed by atoms with Gasteiger partial charge in [0.2, 0.25) is 0 Å². The lowest BCUT2D eigenvalue weighted by molar-refractivity contribution is 0.0982. The highest BCUT2D eigenvalue weighted by Gasteiger charge is 2.34. The molecule has 2 aromatic carbocycles. The molecule has 1 N–H and O–H groups in total. The summed E-state index contributed by atoms with van der Waals surface area (Å²) in [5, 5.41) is 14.1. The Morgan fingerprint density at radius 2 is 1.65 bits per heavy atom. The minimum atomic E-state index is -0.338. The number of tetrazole rings is 1. The van der Waals surface area contributed by atoms with E-state index < -0.39 is 0 Å². The zero-order valence-corrected chi connectivity index (χ0v) is 23.3. The summed E-state index contributed by atoms with van der Waals surface area (Å²) < 4.78 is 12.7. The van der Waals surface area contributed by atoms with E-state index in [4.69, 9.17) is 9.47 Å². The Bertz CT molecular complexity index is 1490. The average Bonchev–Trinajstić information content (AvgIpc) is 3.48. The summed E-state index contributed by atoms with van der Waals surface area (Å²) in [5.74, 6) is 2.33. The number of benzene rings is 2. The van der Waals surface area contributed by atoms with E-state index in [-0.39, 0.29) is 17.6 Å². The predicted octanol–water partition coefficient (Wildman–Crippen LogP) is 3.94. The number of aromatic amines is 1. The van der Waals surface area contributed by atoms with Crippen LogP contribution in [0.3, 0.4) is 0 Å². The molecule has 4 aromatic rings. The molecule has 10 heteroatoms. The molecule has 2 aromatic heterocycles. The van der Waals surface area contributed by atoms with Crippen LogP contribution in [0.2, 0.25) is 0 Å². The molecule has 0 radical (unpaired) electrons. The summed E-state index contributed by atoms with van der Waals surface area (Å²) in [7, 11) is 3.32.